The molecule has 0 saturated heterocycles. The van der Waals surface area contributed by atoms with Gasteiger partial charge in [-0.3, -0.25) is 10.1 Å². The zero-order valence-corrected chi connectivity index (χ0v) is 8.29. The molecule has 0 bridgehead atoms. The molecule has 0 unspecified atom stereocenters. The summed E-state index contributed by atoms with van der Waals surface area (Å²) in [5.41, 5.74) is 5.88. The molecule has 0 aliphatic carbocycles. The van der Waals surface area contributed by atoms with Crippen molar-refractivity contribution in [2.75, 3.05) is 11.1 Å². The van der Waals surface area contributed by atoms with Crippen LogP contribution in [0.1, 0.15) is 10.4 Å². The molecule has 0 atom stereocenters. The van der Waals surface area contributed by atoms with E-state index in [1.54, 1.807) is 24.5 Å². The summed E-state index contributed by atoms with van der Waals surface area (Å²) in [7, 11) is 0. The van der Waals surface area contributed by atoms with Crippen molar-refractivity contribution in [2.45, 2.75) is 0 Å². The zero-order chi connectivity index (χ0) is 11.4. The van der Waals surface area contributed by atoms with E-state index in [9.17, 15) is 4.79 Å². The Bertz CT molecular complexity index is 500. The second-order valence-electron chi connectivity index (χ2n) is 3.00. The number of nitrogens with two attached hydrogens (primary N) is 1. The molecule has 16 heavy (non-hydrogen) atoms. The predicted octanol–water partition coefficient (Wildman–Crippen LogP) is 0.706. The second kappa shape index (κ2) is 4.35. The first-order valence-corrected chi connectivity index (χ1v) is 4.55. The van der Waals surface area contributed by atoms with E-state index in [0.29, 0.717) is 11.4 Å². The number of nitrogens with one attached hydrogen (secondary N) is 1. The summed E-state index contributed by atoms with van der Waals surface area (Å²) in [6.07, 6.45) is 4.56. The molecule has 0 spiro atoms. The van der Waals surface area contributed by atoms with Gasteiger partial charge in [-0.15, -0.1) is 0 Å². The van der Waals surface area contributed by atoms with E-state index in [0.717, 1.165) is 0 Å². The van der Waals surface area contributed by atoms with Gasteiger partial charge in [0, 0.05) is 24.2 Å². The molecule has 0 saturated carbocycles. The van der Waals surface area contributed by atoms with Crippen molar-refractivity contribution in [3.63, 3.8) is 0 Å². The summed E-state index contributed by atoms with van der Waals surface area (Å²) in [6.45, 7) is 0. The Morgan fingerprint density at radius 2 is 1.94 bits per heavy atom. The van der Waals surface area contributed by atoms with Gasteiger partial charge in [0.1, 0.15) is 5.82 Å². The Labute approximate surface area is 91.6 Å². The molecular weight excluding hydrogens is 206 g/mol. The van der Waals surface area contributed by atoms with Gasteiger partial charge in [-0.2, -0.15) is 0 Å². The van der Waals surface area contributed by atoms with Gasteiger partial charge in [-0.1, -0.05) is 0 Å². The molecule has 2 heterocycles. The first kappa shape index (κ1) is 10.0. The first-order valence-electron chi connectivity index (χ1n) is 4.55. The number of hydrogen-bond acceptors (Lipinski definition) is 5. The van der Waals surface area contributed by atoms with Crippen molar-refractivity contribution in [2.24, 2.45) is 0 Å². The molecular formula is C10H9N5O. The minimum absolute atomic E-state index is 0.253. The summed E-state index contributed by atoms with van der Waals surface area (Å²) in [5, 5.41) is 2.54. The van der Waals surface area contributed by atoms with Crippen LogP contribution in [0.25, 0.3) is 0 Å². The highest BCUT2D eigenvalue weighted by Gasteiger charge is 2.07. The average Bonchev–Trinajstić information content (AvgIpc) is 2.30. The molecule has 2 aromatic rings. The highest BCUT2D eigenvalue weighted by Crippen LogP contribution is 2.05. The predicted molar refractivity (Wildman–Crippen MR) is 58.6 cm³/mol. The lowest BCUT2D eigenvalue weighted by molar-refractivity contribution is 0.102. The van der Waals surface area contributed by atoms with Crippen molar-refractivity contribution in [3.8, 4) is 0 Å². The minimum atomic E-state index is -0.319. The molecule has 3 N–H and O–H groups in total. The number of hydrogen-bond donors (Lipinski definition) is 2. The third-order valence-electron chi connectivity index (χ3n) is 1.83. The minimum Gasteiger partial charge on any atom is -0.384 e. The maximum absolute atomic E-state index is 11.7. The number of carbonyl (C=O) groups is 1. The lowest BCUT2D eigenvalue weighted by Crippen LogP contribution is -2.14. The van der Waals surface area contributed by atoms with Gasteiger partial charge in [0.15, 0.2) is 0 Å². The number of nitrogens with zero attached hydrogens (tertiary/aromatic N) is 3. The van der Waals surface area contributed by atoms with Gasteiger partial charge in [0.05, 0.1) is 0 Å². The van der Waals surface area contributed by atoms with E-state index < -0.39 is 0 Å². The number of pyridine rings is 1. The first-order chi connectivity index (χ1) is 7.75. The SMILES string of the molecule is Nc1cc(C(=O)Nc2ncccn2)ccn1. The molecule has 0 aliphatic heterocycles. The third-order valence-corrected chi connectivity index (χ3v) is 1.83. The van der Waals surface area contributed by atoms with Gasteiger partial charge in [-0.05, 0) is 18.2 Å². The summed E-state index contributed by atoms with van der Waals surface area (Å²) in [6, 6.07) is 4.72. The number of rotatable bonds is 2. The number of amides is 1. The van der Waals surface area contributed by atoms with Crippen molar-refractivity contribution < 1.29 is 4.79 Å². The highest BCUT2D eigenvalue weighted by atomic mass is 16.1. The van der Waals surface area contributed by atoms with Crippen LogP contribution in [0.15, 0.2) is 36.8 Å². The van der Waals surface area contributed by atoms with Crippen LogP contribution in [0.2, 0.25) is 0 Å². The van der Waals surface area contributed by atoms with Gasteiger partial charge in [0.25, 0.3) is 5.91 Å². The fourth-order valence-electron chi connectivity index (χ4n) is 1.13. The van der Waals surface area contributed by atoms with Crippen LogP contribution in [0.4, 0.5) is 11.8 Å². The molecule has 80 valence electrons. The van der Waals surface area contributed by atoms with Crippen molar-refractivity contribution >= 4 is 17.7 Å². The summed E-state index contributed by atoms with van der Waals surface area (Å²) < 4.78 is 0. The fraction of sp³-hybridized carbons (Fsp3) is 0. The lowest BCUT2D eigenvalue weighted by Gasteiger charge is -2.02. The molecule has 2 aromatic heterocycles. The van der Waals surface area contributed by atoms with E-state index in [1.165, 1.54) is 12.3 Å². The van der Waals surface area contributed by atoms with Crippen LogP contribution in [0, 0.1) is 0 Å². The smallest absolute Gasteiger partial charge is 0.258 e. The van der Waals surface area contributed by atoms with Crippen LogP contribution in [0.3, 0.4) is 0 Å². The van der Waals surface area contributed by atoms with Crippen LogP contribution in [-0.4, -0.2) is 20.9 Å². The fourth-order valence-corrected chi connectivity index (χ4v) is 1.13. The quantitative estimate of drug-likeness (QED) is 0.769. The average molecular weight is 215 g/mol. The maximum atomic E-state index is 11.7. The van der Waals surface area contributed by atoms with Gasteiger partial charge in [0.2, 0.25) is 5.95 Å². The summed E-state index contributed by atoms with van der Waals surface area (Å²) in [5.74, 6) is 0.227. The summed E-state index contributed by atoms with van der Waals surface area (Å²) >= 11 is 0. The normalized spacial score (nSPS) is 9.75. The number of anilines is 2. The van der Waals surface area contributed by atoms with Crippen molar-refractivity contribution in [3.05, 3.63) is 42.4 Å². The molecule has 0 fully saturated rings. The van der Waals surface area contributed by atoms with E-state index in [-0.39, 0.29) is 11.9 Å². The van der Waals surface area contributed by atoms with Crippen LogP contribution in [-0.2, 0) is 0 Å². The number of aromatic nitrogens is 3. The van der Waals surface area contributed by atoms with Crippen molar-refractivity contribution in [1.29, 1.82) is 0 Å². The molecule has 0 radical (unpaired) electrons. The second-order valence-corrected chi connectivity index (χ2v) is 3.00. The Morgan fingerprint density at radius 1 is 1.19 bits per heavy atom. The summed E-state index contributed by atoms with van der Waals surface area (Å²) in [4.78, 5) is 23.2. The number of carbonyl (C=O) groups excluding carboxylic acids is 1. The third kappa shape index (κ3) is 2.30. The molecule has 0 aliphatic rings. The monoisotopic (exact) mass is 215 g/mol. The standard InChI is InChI=1S/C10H9N5O/c11-8-6-7(2-5-12-8)9(16)15-10-13-3-1-4-14-10/h1-6H,(H2,11,12)(H,13,14,15,16). The lowest BCUT2D eigenvalue weighted by atomic mass is 10.2. The molecule has 6 nitrogen and oxygen atoms in total. The van der Waals surface area contributed by atoms with Crippen molar-refractivity contribution in [1.82, 2.24) is 15.0 Å². The van der Waals surface area contributed by atoms with Crippen LogP contribution in [0.5, 0.6) is 0 Å². The van der Waals surface area contributed by atoms with E-state index in [1.807, 2.05) is 0 Å². The molecule has 0 aromatic carbocycles. The van der Waals surface area contributed by atoms with E-state index in [2.05, 4.69) is 20.3 Å². The van der Waals surface area contributed by atoms with E-state index >= 15 is 0 Å². The van der Waals surface area contributed by atoms with Gasteiger partial charge >= 0.3 is 0 Å². The Kier molecular flexibility index (Phi) is 2.73. The largest absolute Gasteiger partial charge is 0.384 e. The molecule has 1 amide bonds. The molecule has 2 rings (SSSR count). The van der Waals surface area contributed by atoms with Crippen LogP contribution < -0.4 is 11.1 Å². The van der Waals surface area contributed by atoms with Gasteiger partial charge in [-0.25, -0.2) is 15.0 Å². The molecule has 6 heteroatoms. The maximum Gasteiger partial charge on any atom is 0.258 e. The van der Waals surface area contributed by atoms with E-state index in [4.69, 9.17) is 5.73 Å². The topological polar surface area (TPSA) is 93.8 Å². The Morgan fingerprint density at radius 3 is 2.62 bits per heavy atom. The zero-order valence-electron chi connectivity index (χ0n) is 8.29. The van der Waals surface area contributed by atoms with Crippen LogP contribution >= 0.6 is 0 Å². The highest BCUT2D eigenvalue weighted by molar-refractivity contribution is 6.03. The number of nitrogen functional groups attached to an aromatic ring is 1. The van der Waals surface area contributed by atoms with Gasteiger partial charge < -0.3 is 5.73 Å². The Hall–Kier alpha value is -2.50. The Balaban J connectivity index is 2.15.